The Morgan fingerprint density at radius 2 is 2.38 bits per heavy atom. The molecule has 0 spiro atoms. The highest BCUT2D eigenvalue weighted by Crippen LogP contribution is 2.22. The van der Waals surface area contributed by atoms with Gasteiger partial charge in [-0.05, 0) is 19.4 Å². The van der Waals surface area contributed by atoms with Gasteiger partial charge in [0.1, 0.15) is 0 Å². The molecule has 0 aliphatic heterocycles. The third-order valence-electron chi connectivity index (χ3n) is 2.13. The molecule has 0 saturated heterocycles. The molecule has 1 atom stereocenters. The van der Waals surface area contributed by atoms with E-state index in [-0.39, 0.29) is 17.5 Å². The highest BCUT2D eigenvalue weighted by Gasteiger charge is 2.16. The van der Waals surface area contributed by atoms with Crippen molar-refractivity contribution in [3.05, 3.63) is 27.9 Å². The molecular formula is C11H13N3O2. The highest BCUT2D eigenvalue weighted by atomic mass is 16.6. The zero-order valence-corrected chi connectivity index (χ0v) is 9.23. The van der Waals surface area contributed by atoms with Crippen LogP contribution in [0, 0.1) is 29.4 Å². The first kappa shape index (κ1) is 12.0. The lowest BCUT2D eigenvalue weighted by Crippen LogP contribution is -2.17. The smallest absolute Gasteiger partial charge is 0.311 e. The fourth-order valence-corrected chi connectivity index (χ4v) is 1.23. The second kappa shape index (κ2) is 5.12. The quantitative estimate of drug-likeness (QED) is 0.478. The summed E-state index contributed by atoms with van der Waals surface area (Å²) >= 11 is 0. The number of anilines is 1. The zero-order chi connectivity index (χ0) is 12.1. The van der Waals surface area contributed by atoms with E-state index in [1.54, 1.807) is 13.0 Å². The van der Waals surface area contributed by atoms with E-state index in [9.17, 15) is 10.1 Å². The Bertz CT molecular complexity index is 437. The molecule has 0 amide bonds. The van der Waals surface area contributed by atoms with E-state index in [2.05, 4.69) is 16.2 Å². The van der Waals surface area contributed by atoms with Crippen molar-refractivity contribution in [1.82, 2.24) is 4.98 Å². The van der Waals surface area contributed by atoms with Gasteiger partial charge < -0.3 is 5.32 Å². The third kappa shape index (κ3) is 2.70. The molecule has 0 bridgehead atoms. The molecule has 5 heteroatoms. The summed E-state index contributed by atoms with van der Waals surface area (Å²) in [4.78, 5) is 14.4. The predicted octanol–water partition coefficient (Wildman–Crippen LogP) is 2.12. The summed E-state index contributed by atoms with van der Waals surface area (Å²) in [6, 6.07) is 2.78. The Hall–Kier alpha value is -2.09. The first-order valence-corrected chi connectivity index (χ1v) is 4.93. The van der Waals surface area contributed by atoms with E-state index < -0.39 is 4.92 Å². The van der Waals surface area contributed by atoms with Gasteiger partial charge in [-0.15, -0.1) is 6.42 Å². The van der Waals surface area contributed by atoms with Gasteiger partial charge in [-0.2, -0.15) is 0 Å². The van der Waals surface area contributed by atoms with Crippen LogP contribution in [-0.2, 0) is 0 Å². The molecule has 0 fully saturated rings. The summed E-state index contributed by atoms with van der Waals surface area (Å²) in [5.41, 5.74) is 0.652. The van der Waals surface area contributed by atoms with Crippen LogP contribution in [0.25, 0.3) is 0 Å². The minimum absolute atomic E-state index is 0.0562. The van der Waals surface area contributed by atoms with Crippen molar-refractivity contribution >= 4 is 11.5 Å². The molecule has 0 aliphatic rings. The Kier molecular flexibility index (Phi) is 3.84. The number of nitrogens with one attached hydrogen (secondary N) is 1. The van der Waals surface area contributed by atoms with E-state index in [0.29, 0.717) is 12.1 Å². The van der Waals surface area contributed by atoms with E-state index in [1.165, 1.54) is 6.07 Å². The SMILES string of the molecule is C#CC(CC)Nc1nc(C)ccc1[N+](=O)[O-]. The van der Waals surface area contributed by atoms with Crippen LogP contribution in [0.15, 0.2) is 12.1 Å². The van der Waals surface area contributed by atoms with Gasteiger partial charge in [0.2, 0.25) is 5.82 Å². The number of nitro groups is 1. The van der Waals surface area contributed by atoms with E-state index in [0.717, 1.165) is 0 Å². The van der Waals surface area contributed by atoms with Gasteiger partial charge in [0.25, 0.3) is 0 Å². The van der Waals surface area contributed by atoms with Gasteiger partial charge in [0.15, 0.2) is 0 Å². The molecule has 0 saturated carbocycles. The van der Waals surface area contributed by atoms with Crippen LogP contribution in [0.4, 0.5) is 11.5 Å². The number of rotatable bonds is 4. The van der Waals surface area contributed by atoms with Gasteiger partial charge in [-0.1, -0.05) is 12.8 Å². The van der Waals surface area contributed by atoms with Crippen molar-refractivity contribution in [3.63, 3.8) is 0 Å². The second-order valence-electron chi connectivity index (χ2n) is 3.35. The lowest BCUT2D eigenvalue weighted by molar-refractivity contribution is -0.384. The number of aryl methyl sites for hydroxylation is 1. The number of hydrogen-bond acceptors (Lipinski definition) is 4. The van der Waals surface area contributed by atoms with E-state index in [4.69, 9.17) is 6.42 Å². The van der Waals surface area contributed by atoms with Crippen LogP contribution in [0.2, 0.25) is 0 Å². The fraction of sp³-hybridized carbons (Fsp3) is 0.364. The van der Waals surface area contributed by atoms with Crippen molar-refractivity contribution < 1.29 is 4.92 Å². The second-order valence-corrected chi connectivity index (χ2v) is 3.35. The standard InChI is InChI=1S/C11H13N3O2/c1-4-9(5-2)13-11-10(14(15)16)7-6-8(3)12-11/h1,6-7,9H,5H2,2-3H3,(H,12,13). The lowest BCUT2D eigenvalue weighted by Gasteiger charge is -2.11. The summed E-state index contributed by atoms with van der Waals surface area (Å²) in [6.07, 6.45) is 5.97. The molecule has 16 heavy (non-hydrogen) atoms. The van der Waals surface area contributed by atoms with Gasteiger partial charge >= 0.3 is 5.69 Å². The first-order chi connectivity index (χ1) is 7.58. The van der Waals surface area contributed by atoms with Crippen molar-refractivity contribution in [2.45, 2.75) is 26.3 Å². The lowest BCUT2D eigenvalue weighted by atomic mass is 10.2. The van der Waals surface area contributed by atoms with Crippen molar-refractivity contribution in [3.8, 4) is 12.3 Å². The number of hydrogen-bond donors (Lipinski definition) is 1. The third-order valence-corrected chi connectivity index (χ3v) is 2.13. The molecule has 0 radical (unpaired) electrons. The van der Waals surface area contributed by atoms with Crippen LogP contribution in [-0.4, -0.2) is 15.9 Å². The predicted molar refractivity (Wildman–Crippen MR) is 62.2 cm³/mol. The highest BCUT2D eigenvalue weighted by molar-refractivity contribution is 5.57. The molecule has 1 unspecified atom stereocenters. The van der Waals surface area contributed by atoms with Crippen LogP contribution in [0.1, 0.15) is 19.0 Å². The number of terminal acetylenes is 1. The summed E-state index contributed by atoms with van der Waals surface area (Å²) in [5, 5.41) is 13.6. The zero-order valence-electron chi connectivity index (χ0n) is 9.23. The number of pyridine rings is 1. The molecule has 1 aromatic heterocycles. The van der Waals surface area contributed by atoms with Gasteiger partial charge in [-0.25, -0.2) is 4.98 Å². The maximum atomic E-state index is 10.8. The minimum Gasteiger partial charge on any atom is -0.351 e. The molecule has 1 heterocycles. The summed E-state index contributed by atoms with van der Waals surface area (Å²) < 4.78 is 0. The molecule has 1 N–H and O–H groups in total. The van der Waals surface area contributed by atoms with E-state index >= 15 is 0 Å². The Morgan fingerprint density at radius 3 is 2.88 bits per heavy atom. The van der Waals surface area contributed by atoms with Crippen molar-refractivity contribution in [2.75, 3.05) is 5.32 Å². The normalized spacial score (nSPS) is 11.6. The van der Waals surface area contributed by atoms with Crippen LogP contribution < -0.4 is 5.32 Å². The molecule has 5 nitrogen and oxygen atoms in total. The first-order valence-electron chi connectivity index (χ1n) is 4.93. The number of nitrogens with zero attached hydrogens (tertiary/aromatic N) is 2. The van der Waals surface area contributed by atoms with Gasteiger partial charge in [-0.3, -0.25) is 10.1 Å². The molecule has 1 aromatic rings. The summed E-state index contributed by atoms with van der Waals surface area (Å²) in [7, 11) is 0. The van der Waals surface area contributed by atoms with Crippen LogP contribution >= 0.6 is 0 Å². The minimum atomic E-state index is -0.474. The maximum Gasteiger partial charge on any atom is 0.311 e. The van der Waals surface area contributed by atoms with Crippen LogP contribution in [0.5, 0.6) is 0 Å². The summed E-state index contributed by atoms with van der Waals surface area (Å²) in [6.45, 7) is 3.67. The number of aromatic nitrogens is 1. The maximum absolute atomic E-state index is 10.8. The molecule has 0 aliphatic carbocycles. The fourth-order valence-electron chi connectivity index (χ4n) is 1.23. The molecule has 1 rings (SSSR count). The molecular weight excluding hydrogens is 206 g/mol. The van der Waals surface area contributed by atoms with E-state index in [1.807, 2.05) is 6.92 Å². The Labute approximate surface area is 94.0 Å². The van der Waals surface area contributed by atoms with Crippen molar-refractivity contribution in [2.24, 2.45) is 0 Å². The molecule has 0 aromatic carbocycles. The van der Waals surface area contributed by atoms with Gasteiger partial charge in [0, 0.05) is 11.8 Å². The largest absolute Gasteiger partial charge is 0.351 e. The van der Waals surface area contributed by atoms with Gasteiger partial charge in [0.05, 0.1) is 11.0 Å². The average molecular weight is 219 g/mol. The topological polar surface area (TPSA) is 68.1 Å². The summed E-state index contributed by atoms with van der Waals surface area (Å²) in [5.74, 6) is 2.74. The monoisotopic (exact) mass is 219 g/mol. The van der Waals surface area contributed by atoms with Crippen LogP contribution in [0.3, 0.4) is 0 Å². The molecule has 84 valence electrons. The Morgan fingerprint density at radius 1 is 1.69 bits per heavy atom. The average Bonchev–Trinajstić information content (AvgIpc) is 2.25. The Balaban J connectivity index is 3.06. The van der Waals surface area contributed by atoms with Crippen molar-refractivity contribution in [1.29, 1.82) is 0 Å².